The summed E-state index contributed by atoms with van der Waals surface area (Å²) in [7, 11) is 0. The molecular formula is C19H29N2O. The van der Waals surface area contributed by atoms with E-state index in [1.807, 2.05) is 0 Å². The molecule has 0 amide bonds. The van der Waals surface area contributed by atoms with Crippen LogP contribution in [0.2, 0.25) is 0 Å². The second kappa shape index (κ2) is 7.58. The van der Waals surface area contributed by atoms with Crippen LogP contribution < -0.4 is 0 Å². The van der Waals surface area contributed by atoms with Gasteiger partial charge in [0.2, 0.25) is 0 Å². The van der Waals surface area contributed by atoms with Crippen LogP contribution in [0, 0.1) is 5.92 Å². The summed E-state index contributed by atoms with van der Waals surface area (Å²) >= 11 is 0. The second-order valence-electron chi connectivity index (χ2n) is 6.90. The average molecular weight is 301 g/mol. The molecule has 0 aromatic heterocycles. The number of nitrogens with zero attached hydrogens (tertiary/aromatic N) is 2. The molecule has 3 rings (SSSR count). The molecule has 1 aromatic rings. The van der Waals surface area contributed by atoms with E-state index in [9.17, 15) is 0 Å². The Morgan fingerprint density at radius 3 is 2.14 bits per heavy atom. The summed E-state index contributed by atoms with van der Waals surface area (Å²) in [5.74, 6) is 1.68. The zero-order chi connectivity index (χ0) is 15.4. The normalized spacial score (nSPS) is 28.8. The van der Waals surface area contributed by atoms with E-state index in [4.69, 9.17) is 4.74 Å². The molecule has 0 bridgehead atoms. The average Bonchev–Trinajstić information content (AvgIpc) is 2.54. The summed E-state index contributed by atoms with van der Waals surface area (Å²) in [4.78, 5) is 5.30. The minimum atomic E-state index is 0.622. The van der Waals surface area contributed by atoms with Crippen molar-refractivity contribution >= 4 is 0 Å². The van der Waals surface area contributed by atoms with E-state index in [0.29, 0.717) is 12.1 Å². The Morgan fingerprint density at radius 2 is 1.50 bits per heavy atom. The lowest BCUT2D eigenvalue weighted by atomic mass is 9.97. The minimum Gasteiger partial charge on any atom is -0.381 e. The molecule has 2 saturated heterocycles. The predicted octanol–water partition coefficient (Wildman–Crippen LogP) is 2.97. The van der Waals surface area contributed by atoms with Gasteiger partial charge in [-0.3, -0.25) is 9.80 Å². The largest absolute Gasteiger partial charge is 0.381 e. The van der Waals surface area contributed by atoms with E-state index in [0.717, 1.165) is 32.6 Å². The van der Waals surface area contributed by atoms with Crippen molar-refractivity contribution in [3.05, 3.63) is 41.8 Å². The maximum absolute atomic E-state index is 5.47. The zero-order valence-corrected chi connectivity index (χ0v) is 14.0. The highest BCUT2D eigenvalue weighted by molar-refractivity contribution is 5.15. The highest BCUT2D eigenvalue weighted by Crippen LogP contribution is 2.23. The van der Waals surface area contributed by atoms with Crippen molar-refractivity contribution in [3.63, 3.8) is 0 Å². The Balaban J connectivity index is 1.54. The van der Waals surface area contributed by atoms with Crippen molar-refractivity contribution in [1.29, 1.82) is 0 Å². The number of piperazine rings is 1. The number of rotatable bonds is 4. The molecule has 1 aromatic carbocycles. The summed E-state index contributed by atoms with van der Waals surface area (Å²) < 4.78 is 5.47. The van der Waals surface area contributed by atoms with Gasteiger partial charge in [0.1, 0.15) is 0 Å². The van der Waals surface area contributed by atoms with Gasteiger partial charge in [0.05, 0.1) is 0 Å². The van der Waals surface area contributed by atoms with Crippen molar-refractivity contribution in [2.24, 2.45) is 0 Å². The Morgan fingerprint density at radius 1 is 0.909 bits per heavy atom. The maximum Gasteiger partial charge on any atom is 0.0472 e. The van der Waals surface area contributed by atoms with Crippen molar-refractivity contribution in [2.45, 2.75) is 45.3 Å². The fraction of sp³-hybridized carbons (Fsp3) is 0.632. The first-order chi connectivity index (χ1) is 10.7. The smallest absolute Gasteiger partial charge is 0.0472 e. The first kappa shape index (κ1) is 16.0. The van der Waals surface area contributed by atoms with Crippen molar-refractivity contribution in [2.75, 3.05) is 32.8 Å². The molecule has 3 nitrogen and oxygen atoms in total. The van der Waals surface area contributed by atoms with Gasteiger partial charge in [-0.2, -0.15) is 0 Å². The third-order valence-electron chi connectivity index (χ3n) is 5.10. The summed E-state index contributed by atoms with van der Waals surface area (Å²) in [5.41, 5.74) is 1.42. The number of ether oxygens (including phenoxy) is 1. The van der Waals surface area contributed by atoms with Crippen molar-refractivity contribution in [3.8, 4) is 0 Å². The van der Waals surface area contributed by atoms with Gasteiger partial charge in [-0.15, -0.1) is 0 Å². The van der Waals surface area contributed by atoms with Crippen molar-refractivity contribution < 1.29 is 4.74 Å². The van der Waals surface area contributed by atoms with Gasteiger partial charge in [-0.1, -0.05) is 30.3 Å². The highest BCUT2D eigenvalue weighted by atomic mass is 16.5. The third-order valence-corrected chi connectivity index (χ3v) is 5.10. The van der Waals surface area contributed by atoms with Crippen LogP contribution in [0.5, 0.6) is 0 Å². The molecule has 2 atom stereocenters. The van der Waals surface area contributed by atoms with E-state index >= 15 is 0 Å². The highest BCUT2D eigenvalue weighted by Gasteiger charge is 2.30. The molecule has 0 saturated carbocycles. The lowest BCUT2D eigenvalue weighted by Crippen LogP contribution is -2.56. The van der Waals surface area contributed by atoms with Crippen LogP contribution in [0.15, 0.2) is 30.3 Å². The molecular weight excluding hydrogens is 272 g/mol. The van der Waals surface area contributed by atoms with Crippen molar-refractivity contribution in [1.82, 2.24) is 9.80 Å². The molecule has 2 fully saturated rings. The van der Waals surface area contributed by atoms with Gasteiger partial charge in [0.15, 0.2) is 0 Å². The molecule has 0 unspecified atom stereocenters. The van der Waals surface area contributed by atoms with Crippen LogP contribution in [0.4, 0.5) is 0 Å². The first-order valence-corrected chi connectivity index (χ1v) is 8.65. The van der Waals surface area contributed by atoms with Crippen LogP contribution in [0.3, 0.4) is 0 Å². The van der Waals surface area contributed by atoms with Crippen LogP contribution >= 0.6 is 0 Å². The number of hydrogen-bond donors (Lipinski definition) is 0. The van der Waals surface area contributed by atoms with Crippen LogP contribution in [-0.2, 0) is 11.3 Å². The summed E-state index contributed by atoms with van der Waals surface area (Å²) in [6, 6.07) is 12.1. The molecule has 1 radical (unpaired) electrons. The topological polar surface area (TPSA) is 15.7 Å². The maximum atomic E-state index is 5.47. The van der Waals surface area contributed by atoms with E-state index in [1.54, 1.807) is 5.92 Å². The van der Waals surface area contributed by atoms with E-state index < -0.39 is 0 Å². The second-order valence-corrected chi connectivity index (χ2v) is 6.90. The lowest BCUT2D eigenvalue weighted by Gasteiger charge is -2.45. The van der Waals surface area contributed by atoms with E-state index in [2.05, 4.69) is 54.0 Å². The number of hydrogen-bond acceptors (Lipinski definition) is 3. The standard InChI is InChI=1S/C19H29N2O/c1-16-13-21(15-19-8-10-22-11-9-19)17(2)12-20(16)14-18-6-4-3-5-7-18/h3-7,16-17H,8-15H2,1-2H3/t16-,17+/m0/s1. The van der Waals surface area contributed by atoms with Gasteiger partial charge >= 0.3 is 0 Å². The van der Waals surface area contributed by atoms with Crippen LogP contribution in [0.25, 0.3) is 0 Å². The SMILES string of the molecule is C[C@@H]1CN(Cc2ccccc2)[C@@H](C)CN1C[C]1CCOCC1. The van der Waals surface area contributed by atoms with Gasteiger partial charge in [-0.25, -0.2) is 0 Å². The molecule has 121 valence electrons. The molecule has 2 aliphatic rings. The number of benzene rings is 1. The Kier molecular flexibility index (Phi) is 5.51. The predicted molar refractivity (Wildman–Crippen MR) is 90.6 cm³/mol. The summed E-state index contributed by atoms with van der Waals surface area (Å²) in [5, 5.41) is 0. The molecule has 22 heavy (non-hydrogen) atoms. The molecule has 0 aliphatic carbocycles. The van der Waals surface area contributed by atoms with Crippen LogP contribution in [-0.4, -0.2) is 54.7 Å². The van der Waals surface area contributed by atoms with Gasteiger partial charge in [0.25, 0.3) is 0 Å². The monoisotopic (exact) mass is 301 g/mol. The Hall–Kier alpha value is -0.900. The molecule has 0 spiro atoms. The molecule has 2 heterocycles. The summed E-state index contributed by atoms with van der Waals surface area (Å²) in [6.07, 6.45) is 2.32. The van der Waals surface area contributed by atoms with E-state index in [-0.39, 0.29) is 0 Å². The van der Waals surface area contributed by atoms with Gasteiger partial charge < -0.3 is 4.74 Å². The fourth-order valence-electron chi connectivity index (χ4n) is 3.63. The third kappa shape index (κ3) is 4.09. The summed E-state index contributed by atoms with van der Waals surface area (Å²) in [6.45, 7) is 11.2. The first-order valence-electron chi connectivity index (χ1n) is 8.65. The minimum absolute atomic E-state index is 0.622. The zero-order valence-electron chi connectivity index (χ0n) is 14.0. The van der Waals surface area contributed by atoms with Gasteiger partial charge in [-0.05, 0) is 38.2 Å². The fourth-order valence-corrected chi connectivity index (χ4v) is 3.63. The van der Waals surface area contributed by atoms with E-state index in [1.165, 1.54) is 25.2 Å². The molecule has 3 heteroatoms. The van der Waals surface area contributed by atoms with Gasteiger partial charge in [0, 0.05) is 51.5 Å². The Labute approximate surface area is 135 Å². The molecule has 0 N–H and O–H groups in total. The Bertz CT molecular complexity index is 444. The molecule has 2 aliphatic heterocycles. The quantitative estimate of drug-likeness (QED) is 0.850. The lowest BCUT2D eigenvalue weighted by molar-refractivity contribution is 0.0317. The van der Waals surface area contributed by atoms with Crippen LogP contribution in [0.1, 0.15) is 32.3 Å².